The highest BCUT2D eigenvalue weighted by Gasteiger charge is 2.21. The Kier molecular flexibility index (Phi) is 5.18. The number of hydrogen-bond acceptors (Lipinski definition) is 7. The Morgan fingerprint density at radius 2 is 1.75 bits per heavy atom. The van der Waals surface area contributed by atoms with Crippen molar-refractivity contribution in [2.45, 2.75) is 33.4 Å². The van der Waals surface area contributed by atoms with Crippen LogP contribution in [0.25, 0.3) is 44.9 Å². The van der Waals surface area contributed by atoms with Crippen molar-refractivity contribution in [3.63, 3.8) is 0 Å². The van der Waals surface area contributed by atoms with E-state index < -0.39 is 5.76 Å². The lowest BCUT2D eigenvalue weighted by molar-refractivity contribution is 0.490. The number of benzene rings is 2. The summed E-state index contributed by atoms with van der Waals surface area (Å²) in [5.74, 6) is 1.03. The summed E-state index contributed by atoms with van der Waals surface area (Å²) >= 11 is 0. The van der Waals surface area contributed by atoms with Crippen LogP contribution >= 0.6 is 0 Å². The molecule has 0 aliphatic heterocycles. The maximum atomic E-state index is 12.8. The normalized spacial score (nSPS) is 12.4. The molecule has 9 heteroatoms. The van der Waals surface area contributed by atoms with E-state index in [9.17, 15) is 4.79 Å². The zero-order valence-electron chi connectivity index (χ0n) is 20.1. The lowest BCUT2D eigenvalue weighted by Gasteiger charge is -2.13. The maximum absolute atomic E-state index is 12.8. The molecule has 0 amide bonds. The molecule has 0 N–H and O–H groups in total. The second-order valence-corrected chi connectivity index (χ2v) is 8.60. The van der Waals surface area contributed by atoms with Gasteiger partial charge in [0.2, 0.25) is 0 Å². The average molecular weight is 478 g/mol. The number of aromatic nitrogens is 7. The molecule has 1 atom stereocenters. The lowest BCUT2D eigenvalue weighted by Crippen LogP contribution is -2.19. The van der Waals surface area contributed by atoms with Gasteiger partial charge < -0.3 is 8.98 Å². The van der Waals surface area contributed by atoms with E-state index in [1.165, 1.54) is 0 Å². The SMILES string of the molecule is CCn1c(-c2cnc(C)nc2)nc2c(-c3ccc4oc(=O)n([C@@H](C)c5ccccc5)c4c3)ncnc21. The van der Waals surface area contributed by atoms with Crippen molar-refractivity contribution < 1.29 is 4.42 Å². The van der Waals surface area contributed by atoms with Gasteiger partial charge in [-0.1, -0.05) is 30.3 Å². The molecule has 0 radical (unpaired) electrons. The van der Waals surface area contributed by atoms with Crippen LogP contribution < -0.4 is 5.76 Å². The number of oxazole rings is 1. The second-order valence-electron chi connectivity index (χ2n) is 8.60. The maximum Gasteiger partial charge on any atom is 0.420 e. The molecule has 0 fully saturated rings. The molecular weight excluding hydrogens is 454 g/mol. The van der Waals surface area contributed by atoms with Crippen LogP contribution in [0.2, 0.25) is 0 Å². The third-order valence-electron chi connectivity index (χ3n) is 6.44. The molecule has 6 aromatic rings. The summed E-state index contributed by atoms with van der Waals surface area (Å²) in [6, 6.07) is 15.3. The van der Waals surface area contributed by atoms with Gasteiger partial charge in [-0.2, -0.15) is 0 Å². The fourth-order valence-corrected chi connectivity index (χ4v) is 4.60. The third-order valence-corrected chi connectivity index (χ3v) is 6.44. The Hall–Kier alpha value is -4.66. The molecule has 4 aromatic heterocycles. The van der Waals surface area contributed by atoms with Gasteiger partial charge in [-0.3, -0.25) is 4.57 Å². The zero-order chi connectivity index (χ0) is 24.8. The van der Waals surface area contributed by atoms with Gasteiger partial charge in [0.1, 0.15) is 29.2 Å². The van der Waals surface area contributed by atoms with Crippen LogP contribution in [0.4, 0.5) is 0 Å². The number of fused-ring (bicyclic) bond motifs is 2. The van der Waals surface area contributed by atoms with Crippen molar-refractivity contribution >= 4 is 22.3 Å². The average Bonchev–Trinajstić information content (AvgIpc) is 3.45. The quantitative estimate of drug-likeness (QED) is 0.351. The summed E-state index contributed by atoms with van der Waals surface area (Å²) in [5, 5.41) is 0. The van der Waals surface area contributed by atoms with E-state index >= 15 is 0 Å². The first kappa shape index (κ1) is 21.8. The van der Waals surface area contributed by atoms with Crippen LogP contribution in [0, 0.1) is 6.92 Å². The molecule has 4 heterocycles. The topological polar surface area (TPSA) is 105 Å². The van der Waals surface area contributed by atoms with Gasteiger partial charge in [0, 0.05) is 24.5 Å². The number of aryl methyl sites for hydroxylation is 2. The van der Waals surface area contributed by atoms with Crippen molar-refractivity contribution in [2.24, 2.45) is 0 Å². The summed E-state index contributed by atoms with van der Waals surface area (Å²) in [6.45, 7) is 6.55. The first-order valence-electron chi connectivity index (χ1n) is 11.8. The van der Waals surface area contributed by atoms with Gasteiger partial charge in [0.05, 0.1) is 17.1 Å². The first-order valence-corrected chi connectivity index (χ1v) is 11.8. The summed E-state index contributed by atoms with van der Waals surface area (Å²) in [5.41, 5.74) is 5.93. The van der Waals surface area contributed by atoms with Gasteiger partial charge in [0.25, 0.3) is 0 Å². The monoisotopic (exact) mass is 477 g/mol. The number of imidazole rings is 1. The zero-order valence-corrected chi connectivity index (χ0v) is 20.1. The fraction of sp³-hybridized carbons (Fsp3) is 0.185. The van der Waals surface area contributed by atoms with Crippen LogP contribution in [0.15, 0.2) is 76.5 Å². The van der Waals surface area contributed by atoms with Gasteiger partial charge in [-0.25, -0.2) is 29.7 Å². The molecule has 2 aromatic carbocycles. The molecule has 0 spiro atoms. The van der Waals surface area contributed by atoms with E-state index in [-0.39, 0.29) is 6.04 Å². The molecule has 0 bridgehead atoms. The summed E-state index contributed by atoms with van der Waals surface area (Å²) in [7, 11) is 0. The van der Waals surface area contributed by atoms with Crippen molar-refractivity contribution in [3.05, 3.63) is 89.2 Å². The molecule has 6 rings (SSSR count). The highest BCUT2D eigenvalue weighted by atomic mass is 16.4. The smallest absolute Gasteiger partial charge is 0.408 e. The minimum absolute atomic E-state index is 0.201. The van der Waals surface area contributed by atoms with Gasteiger partial charge in [-0.05, 0) is 44.5 Å². The fourth-order valence-electron chi connectivity index (χ4n) is 4.60. The van der Waals surface area contributed by atoms with E-state index in [0.717, 1.165) is 28.2 Å². The highest BCUT2D eigenvalue weighted by Crippen LogP contribution is 2.32. The van der Waals surface area contributed by atoms with Gasteiger partial charge >= 0.3 is 5.76 Å². The molecule has 0 unspecified atom stereocenters. The van der Waals surface area contributed by atoms with Crippen molar-refractivity contribution in [2.75, 3.05) is 0 Å². The largest absolute Gasteiger partial charge is 0.420 e. The van der Waals surface area contributed by atoms with E-state index in [4.69, 9.17) is 9.40 Å². The first-order chi connectivity index (χ1) is 17.5. The van der Waals surface area contributed by atoms with E-state index in [1.54, 1.807) is 29.4 Å². The standard InChI is InChI=1S/C27H23N7O2/c1-4-33-25(20-13-28-17(3)29-14-20)32-24-23(30-15-31-26(24)33)19-10-11-22-21(12-19)34(27(35)36-22)16(2)18-8-6-5-7-9-18/h5-16H,4H2,1-3H3/t16-/m0/s1. The second kappa shape index (κ2) is 8.53. The van der Waals surface area contributed by atoms with Gasteiger partial charge in [-0.15, -0.1) is 0 Å². The Balaban J connectivity index is 1.53. The molecule has 0 saturated carbocycles. The molecule has 0 saturated heterocycles. The summed E-state index contributed by atoms with van der Waals surface area (Å²) < 4.78 is 9.27. The third kappa shape index (κ3) is 3.48. The predicted octanol–water partition coefficient (Wildman–Crippen LogP) is 4.80. The van der Waals surface area contributed by atoms with Crippen LogP contribution in [-0.4, -0.2) is 34.1 Å². The van der Waals surface area contributed by atoms with E-state index in [0.29, 0.717) is 34.7 Å². The minimum atomic E-state index is -0.400. The summed E-state index contributed by atoms with van der Waals surface area (Å²) in [4.78, 5) is 35.5. The summed E-state index contributed by atoms with van der Waals surface area (Å²) in [6.07, 6.45) is 5.08. The Labute approximate surface area is 206 Å². The molecular formula is C27H23N7O2. The van der Waals surface area contributed by atoms with Crippen molar-refractivity contribution in [1.29, 1.82) is 0 Å². The molecule has 178 valence electrons. The van der Waals surface area contributed by atoms with Crippen LogP contribution in [0.1, 0.15) is 31.3 Å². The van der Waals surface area contributed by atoms with Gasteiger partial charge in [0.15, 0.2) is 11.2 Å². The Bertz CT molecular complexity index is 1770. The van der Waals surface area contributed by atoms with Crippen LogP contribution in [0.5, 0.6) is 0 Å². The molecule has 9 nitrogen and oxygen atoms in total. The number of hydrogen-bond donors (Lipinski definition) is 0. The minimum Gasteiger partial charge on any atom is -0.408 e. The predicted molar refractivity (Wildman–Crippen MR) is 136 cm³/mol. The Morgan fingerprint density at radius 3 is 2.50 bits per heavy atom. The van der Waals surface area contributed by atoms with Crippen LogP contribution in [0.3, 0.4) is 0 Å². The Morgan fingerprint density at radius 1 is 0.972 bits per heavy atom. The number of rotatable bonds is 5. The van der Waals surface area contributed by atoms with Crippen LogP contribution in [-0.2, 0) is 6.54 Å². The highest BCUT2D eigenvalue weighted by molar-refractivity contribution is 5.92. The van der Waals surface area contributed by atoms with E-state index in [2.05, 4.69) is 19.9 Å². The van der Waals surface area contributed by atoms with E-state index in [1.807, 2.05) is 67.8 Å². The molecule has 0 aliphatic carbocycles. The van der Waals surface area contributed by atoms with Crippen molar-refractivity contribution in [3.8, 4) is 22.6 Å². The number of nitrogens with zero attached hydrogens (tertiary/aromatic N) is 7. The van der Waals surface area contributed by atoms with Crippen molar-refractivity contribution in [1.82, 2.24) is 34.1 Å². The lowest BCUT2D eigenvalue weighted by atomic mass is 10.1. The molecule has 0 aliphatic rings. The molecule has 36 heavy (non-hydrogen) atoms.